The van der Waals surface area contributed by atoms with Gasteiger partial charge in [-0.05, 0) is 67.9 Å². The van der Waals surface area contributed by atoms with Crippen LogP contribution in [-0.4, -0.2) is 39.7 Å². The fraction of sp³-hybridized carbons (Fsp3) is 0.571. The van der Waals surface area contributed by atoms with Gasteiger partial charge in [-0.15, -0.1) is 0 Å². The van der Waals surface area contributed by atoms with Gasteiger partial charge in [-0.3, -0.25) is 8.28 Å². The molecule has 7 heteroatoms. The summed E-state index contributed by atoms with van der Waals surface area (Å²) in [6.45, 7) is 8.56. The second-order valence-electron chi connectivity index (χ2n) is 7.16. The molecule has 1 aliphatic heterocycles. The number of carbonyl (C=O) groups excluding carboxylic acids is 1. The van der Waals surface area contributed by atoms with Gasteiger partial charge < -0.3 is 4.74 Å². The minimum Gasteiger partial charge on any atom is -0.464 e. The maximum absolute atomic E-state index is 12.1. The van der Waals surface area contributed by atoms with Crippen molar-refractivity contribution in [2.45, 2.75) is 57.6 Å². The van der Waals surface area contributed by atoms with Crippen molar-refractivity contribution in [3.05, 3.63) is 35.0 Å². The Labute approximate surface area is 189 Å². The number of nitrogens with zero attached hydrogens (tertiary/aromatic N) is 2. The number of aryl methyl sites for hydroxylation is 1. The summed E-state index contributed by atoms with van der Waals surface area (Å²) in [5, 5.41) is 2.00. The standard InChI is InChI=1S/C19H23IN2O2S2.C2H6/c1-12-9-14-10-18(19(23)24-2)22(26-20)17(14)11-16(12)13-5-7-21(8-6-13)25-15-3-4-15;1-2/h9-11,13,15H,3-8H2,1-2H3;1-2H3. The van der Waals surface area contributed by atoms with Crippen molar-refractivity contribution in [3.8, 4) is 0 Å². The van der Waals surface area contributed by atoms with Crippen LogP contribution < -0.4 is 0 Å². The predicted octanol–water partition coefficient (Wildman–Crippen LogP) is 6.60. The Bertz CT molecular complexity index is 827. The van der Waals surface area contributed by atoms with Crippen LogP contribution >= 0.6 is 42.3 Å². The molecule has 2 aliphatic rings. The molecule has 154 valence electrons. The minimum atomic E-state index is -0.282. The number of piperidine rings is 1. The SMILES string of the molecule is CC.COC(=O)c1cc2cc(C)c(C3CCN(SC4CC4)CC3)cc2n1SI. The lowest BCUT2D eigenvalue weighted by Crippen LogP contribution is -2.28. The van der Waals surface area contributed by atoms with Crippen LogP contribution in [0.2, 0.25) is 0 Å². The Balaban J connectivity index is 0.00000109. The lowest BCUT2D eigenvalue weighted by molar-refractivity contribution is 0.0594. The summed E-state index contributed by atoms with van der Waals surface area (Å²) in [7, 11) is 2.96. The Kier molecular flexibility index (Phi) is 8.04. The molecule has 1 saturated carbocycles. The highest BCUT2D eigenvalue weighted by Gasteiger charge is 2.29. The van der Waals surface area contributed by atoms with Crippen molar-refractivity contribution in [2.24, 2.45) is 0 Å². The first-order chi connectivity index (χ1) is 13.6. The molecule has 1 aromatic heterocycles. The van der Waals surface area contributed by atoms with E-state index >= 15 is 0 Å². The van der Waals surface area contributed by atoms with E-state index in [2.05, 4.69) is 56.5 Å². The molecule has 0 amide bonds. The molecule has 0 N–H and O–H groups in total. The van der Waals surface area contributed by atoms with Crippen LogP contribution in [-0.2, 0) is 4.74 Å². The van der Waals surface area contributed by atoms with Gasteiger partial charge in [-0.1, -0.05) is 25.8 Å². The van der Waals surface area contributed by atoms with E-state index in [1.165, 1.54) is 66.1 Å². The molecule has 28 heavy (non-hydrogen) atoms. The largest absolute Gasteiger partial charge is 0.464 e. The van der Waals surface area contributed by atoms with E-state index in [0.29, 0.717) is 11.6 Å². The fourth-order valence-corrected chi connectivity index (χ4v) is 6.68. The number of hydrogen-bond acceptors (Lipinski definition) is 5. The first-order valence-corrected chi connectivity index (χ1v) is 14.2. The van der Waals surface area contributed by atoms with Crippen LogP contribution in [0.5, 0.6) is 0 Å². The van der Waals surface area contributed by atoms with Crippen LogP contribution in [0.15, 0.2) is 18.2 Å². The second-order valence-corrected chi connectivity index (χ2v) is 10.2. The highest BCUT2D eigenvalue weighted by Crippen LogP contribution is 2.41. The van der Waals surface area contributed by atoms with Gasteiger partial charge in [0.25, 0.3) is 0 Å². The summed E-state index contributed by atoms with van der Waals surface area (Å²) in [5.74, 6) is 0.328. The topological polar surface area (TPSA) is 34.5 Å². The van der Waals surface area contributed by atoms with Crippen molar-refractivity contribution >= 4 is 59.1 Å². The summed E-state index contributed by atoms with van der Waals surface area (Å²) in [5.41, 5.74) is 4.49. The van der Waals surface area contributed by atoms with E-state index < -0.39 is 0 Å². The number of fused-ring (bicyclic) bond motifs is 1. The Hall–Kier alpha value is -0.380. The van der Waals surface area contributed by atoms with E-state index in [4.69, 9.17) is 4.74 Å². The van der Waals surface area contributed by atoms with Crippen molar-refractivity contribution in [3.63, 3.8) is 0 Å². The molecule has 0 unspecified atom stereocenters. The van der Waals surface area contributed by atoms with Crippen molar-refractivity contribution in [1.29, 1.82) is 0 Å². The maximum Gasteiger partial charge on any atom is 0.355 e. The van der Waals surface area contributed by atoms with Crippen LogP contribution in [0, 0.1) is 6.92 Å². The highest BCUT2D eigenvalue weighted by molar-refractivity contribution is 14.2. The Morgan fingerprint density at radius 1 is 1.14 bits per heavy atom. The third kappa shape index (κ3) is 4.84. The van der Waals surface area contributed by atoms with E-state index in [1.54, 1.807) is 0 Å². The number of halogens is 1. The van der Waals surface area contributed by atoms with Gasteiger partial charge in [0.15, 0.2) is 0 Å². The third-order valence-electron chi connectivity index (χ3n) is 5.32. The molecule has 4 rings (SSSR count). The lowest BCUT2D eigenvalue weighted by atomic mass is 9.87. The van der Waals surface area contributed by atoms with Crippen LogP contribution in [0.1, 0.15) is 67.1 Å². The number of benzene rings is 1. The maximum atomic E-state index is 12.1. The zero-order valence-corrected chi connectivity index (χ0v) is 20.8. The number of hydrogen-bond donors (Lipinski definition) is 0. The lowest BCUT2D eigenvalue weighted by Gasteiger charge is -2.32. The van der Waals surface area contributed by atoms with Crippen LogP contribution in [0.25, 0.3) is 10.9 Å². The average Bonchev–Trinajstić information content (AvgIpc) is 3.47. The number of ether oxygens (including phenoxy) is 1. The molecular formula is C21H29IN2O2S2. The van der Waals surface area contributed by atoms with Crippen molar-refractivity contribution in [1.82, 2.24) is 8.28 Å². The highest BCUT2D eigenvalue weighted by atomic mass is 127. The summed E-state index contributed by atoms with van der Waals surface area (Å²) < 4.78 is 9.51. The monoisotopic (exact) mass is 532 g/mol. The number of carbonyl (C=O) groups is 1. The molecular weight excluding hydrogens is 503 g/mol. The zero-order valence-electron chi connectivity index (χ0n) is 17.0. The van der Waals surface area contributed by atoms with E-state index in [-0.39, 0.29) is 5.97 Å². The molecule has 0 spiro atoms. The van der Waals surface area contributed by atoms with Gasteiger partial charge in [0.1, 0.15) is 5.69 Å². The summed E-state index contributed by atoms with van der Waals surface area (Å²) in [4.78, 5) is 12.1. The molecule has 0 radical (unpaired) electrons. The van der Waals surface area contributed by atoms with Gasteiger partial charge in [-0.2, -0.15) is 0 Å². The average molecular weight is 533 g/mol. The molecule has 2 heterocycles. The Morgan fingerprint density at radius 2 is 1.82 bits per heavy atom. The molecule has 1 saturated heterocycles. The number of methoxy groups -OCH3 is 1. The van der Waals surface area contributed by atoms with Gasteiger partial charge in [0, 0.05) is 54.1 Å². The first-order valence-electron chi connectivity index (χ1n) is 10.1. The summed E-state index contributed by atoms with van der Waals surface area (Å²) in [6.07, 6.45) is 5.23. The van der Waals surface area contributed by atoms with Gasteiger partial charge >= 0.3 is 5.97 Å². The third-order valence-corrected chi connectivity index (χ3v) is 8.47. The molecule has 2 aromatic rings. The molecule has 0 atom stereocenters. The molecule has 0 bridgehead atoms. The zero-order chi connectivity index (χ0) is 20.3. The second kappa shape index (κ2) is 10.1. The molecule has 2 fully saturated rings. The van der Waals surface area contributed by atoms with Crippen molar-refractivity contribution < 1.29 is 9.53 Å². The molecule has 1 aliphatic carbocycles. The van der Waals surface area contributed by atoms with E-state index in [0.717, 1.165) is 16.2 Å². The summed E-state index contributed by atoms with van der Waals surface area (Å²) in [6, 6.07) is 6.47. The van der Waals surface area contributed by atoms with E-state index in [1.807, 2.05) is 23.9 Å². The van der Waals surface area contributed by atoms with Gasteiger partial charge in [0.05, 0.1) is 12.6 Å². The first kappa shape index (κ1) is 22.3. The summed E-state index contributed by atoms with van der Waals surface area (Å²) >= 11 is 4.31. The van der Waals surface area contributed by atoms with Crippen molar-refractivity contribution in [2.75, 3.05) is 20.2 Å². The van der Waals surface area contributed by atoms with Crippen LogP contribution in [0.3, 0.4) is 0 Å². The Morgan fingerprint density at radius 3 is 2.39 bits per heavy atom. The number of esters is 1. The van der Waals surface area contributed by atoms with Crippen LogP contribution in [0.4, 0.5) is 0 Å². The predicted molar refractivity (Wildman–Crippen MR) is 131 cm³/mol. The molecule has 4 nitrogen and oxygen atoms in total. The van der Waals surface area contributed by atoms with Gasteiger partial charge in [-0.25, -0.2) is 4.79 Å². The fourth-order valence-electron chi connectivity index (χ4n) is 3.78. The quantitative estimate of drug-likeness (QED) is 0.246. The minimum absolute atomic E-state index is 0.282. The normalized spacial score (nSPS) is 18.0. The van der Waals surface area contributed by atoms with E-state index in [9.17, 15) is 4.79 Å². The number of aromatic nitrogens is 1. The number of rotatable bonds is 5. The molecule has 1 aromatic carbocycles. The van der Waals surface area contributed by atoms with Gasteiger partial charge in [0.2, 0.25) is 0 Å². The smallest absolute Gasteiger partial charge is 0.355 e.